The molecule has 3 aromatic rings. The van der Waals surface area contributed by atoms with E-state index in [1.807, 2.05) is 36.5 Å². The number of rotatable bonds is 3. The van der Waals surface area contributed by atoms with Crippen LogP contribution in [0, 0.1) is 11.3 Å². The summed E-state index contributed by atoms with van der Waals surface area (Å²) in [5.41, 5.74) is 3.22. The van der Waals surface area contributed by atoms with E-state index in [1.165, 1.54) is 0 Å². The van der Waals surface area contributed by atoms with E-state index in [0.29, 0.717) is 17.7 Å². The van der Waals surface area contributed by atoms with Gasteiger partial charge in [-0.2, -0.15) is 5.26 Å². The maximum Gasteiger partial charge on any atom is 0.251 e. The number of carbonyl (C=O) groups excluding carboxylic acids is 1. The van der Waals surface area contributed by atoms with Crippen LogP contribution < -0.4 is 5.32 Å². The Morgan fingerprint density at radius 1 is 1.14 bits per heavy atom. The summed E-state index contributed by atoms with van der Waals surface area (Å²) < 4.78 is 0. The fraction of sp³-hybridized carbons (Fsp3) is 0.0588. The molecule has 0 aliphatic carbocycles. The molecule has 0 saturated heterocycles. The third kappa shape index (κ3) is 2.77. The number of hydrogen-bond donors (Lipinski definition) is 2. The van der Waals surface area contributed by atoms with Crippen molar-refractivity contribution in [2.24, 2.45) is 0 Å². The zero-order valence-electron chi connectivity index (χ0n) is 11.3. The predicted octanol–water partition coefficient (Wildman–Crippen LogP) is 2.97. The molecule has 0 atom stereocenters. The Labute approximate surface area is 122 Å². The highest BCUT2D eigenvalue weighted by Crippen LogP contribution is 2.14. The minimum atomic E-state index is -0.109. The number of carbonyl (C=O) groups is 1. The standard InChI is InChI=1S/C17H13N3O/c18-10-12-1-3-13(4-2-12)11-20-17(21)15-5-6-16-14(9-15)7-8-19-16/h1-9,19H,11H2,(H,20,21). The minimum Gasteiger partial charge on any atom is -0.361 e. The van der Waals surface area contributed by atoms with Gasteiger partial charge in [0.15, 0.2) is 0 Å². The summed E-state index contributed by atoms with van der Waals surface area (Å²) in [6.07, 6.45) is 1.85. The summed E-state index contributed by atoms with van der Waals surface area (Å²) in [5, 5.41) is 12.6. The molecule has 2 aromatic carbocycles. The van der Waals surface area contributed by atoms with Crippen molar-refractivity contribution in [3.05, 3.63) is 71.4 Å². The van der Waals surface area contributed by atoms with Gasteiger partial charge in [0.25, 0.3) is 5.91 Å². The van der Waals surface area contributed by atoms with Crippen molar-refractivity contribution in [2.45, 2.75) is 6.54 Å². The molecule has 1 aromatic heterocycles. The molecular formula is C17H13N3O. The summed E-state index contributed by atoms with van der Waals surface area (Å²) in [6, 6.07) is 16.7. The van der Waals surface area contributed by atoms with Gasteiger partial charge in [0.05, 0.1) is 11.6 Å². The topological polar surface area (TPSA) is 68.7 Å². The first kappa shape index (κ1) is 12.9. The van der Waals surface area contributed by atoms with Crippen molar-refractivity contribution in [1.82, 2.24) is 10.3 Å². The lowest BCUT2D eigenvalue weighted by Crippen LogP contribution is -2.22. The van der Waals surface area contributed by atoms with E-state index in [0.717, 1.165) is 16.5 Å². The first-order valence-corrected chi connectivity index (χ1v) is 6.60. The van der Waals surface area contributed by atoms with Gasteiger partial charge in [-0.15, -0.1) is 0 Å². The van der Waals surface area contributed by atoms with E-state index in [9.17, 15) is 4.79 Å². The highest BCUT2D eigenvalue weighted by Gasteiger charge is 2.06. The average Bonchev–Trinajstić information content (AvgIpc) is 3.00. The Balaban J connectivity index is 1.69. The highest BCUT2D eigenvalue weighted by atomic mass is 16.1. The van der Waals surface area contributed by atoms with E-state index in [4.69, 9.17) is 5.26 Å². The number of nitrogens with zero attached hydrogens (tertiary/aromatic N) is 1. The molecule has 0 radical (unpaired) electrons. The molecule has 2 N–H and O–H groups in total. The van der Waals surface area contributed by atoms with Crippen LogP contribution in [0.2, 0.25) is 0 Å². The first-order chi connectivity index (χ1) is 10.3. The van der Waals surface area contributed by atoms with Crippen molar-refractivity contribution in [1.29, 1.82) is 5.26 Å². The third-order valence-electron chi connectivity index (χ3n) is 3.35. The van der Waals surface area contributed by atoms with Gasteiger partial charge < -0.3 is 10.3 Å². The molecule has 0 fully saturated rings. The number of H-pyrrole nitrogens is 1. The SMILES string of the molecule is N#Cc1ccc(CNC(=O)c2ccc3[nH]ccc3c2)cc1. The molecule has 0 aliphatic heterocycles. The lowest BCUT2D eigenvalue weighted by atomic mass is 10.1. The van der Waals surface area contributed by atoms with Gasteiger partial charge in [0.1, 0.15) is 0 Å². The molecule has 1 heterocycles. The number of aromatic nitrogens is 1. The fourth-order valence-corrected chi connectivity index (χ4v) is 2.18. The highest BCUT2D eigenvalue weighted by molar-refractivity contribution is 5.98. The van der Waals surface area contributed by atoms with Gasteiger partial charge in [-0.1, -0.05) is 12.1 Å². The van der Waals surface area contributed by atoms with Crippen LogP contribution in [-0.4, -0.2) is 10.9 Å². The largest absolute Gasteiger partial charge is 0.361 e. The minimum absolute atomic E-state index is 0.109. The van der Waals surface area contributed by atoms with Crippen LogP contribution in [0.15, 0.2) is 54.7 Å². The molecule has 0 aliphatic rings. The third-order valence-corrected chi connectivity index (χ3v) is 3.35. The summed E-state index contributed by atoms with van der Waals surface area (Å²) in [4.78, 5) is 15.2. The quantitative estimate of drug-likeness (QED) is 0.771. The van der Waals surface area contributed by atoms with Crippen molar-refractivity contribution in [3.63, 3.8) is 0 Å². The number of nitrogens with one attached hydrogen (secondary N) is 2. The molecule has 3 rings (SSSR count). The first-order valence-electron chi connectivity index (χ1n) is 6.60. The van der Waals surface area contributed by atoms with Crippen LogP contribution in [0.5, 0.6) is 0 Å². The van der Waals surface area contributed by atoms with Crippen LogP contribution >= 0.6 is 0 Å². The van der Waals surface area contributed by atoms with E-state index in [1.54, 1.807) is 18.2 Å². The van der Waals surface area contributed by atoms with Gasteiger partial charge in [0.2, 0.25) is 0 Å². The van der Waals surface area contributed by atoms with Crippen molar-refractivity contribution >= 4 is 16.8 Å². The smallest absolute Gasteiger partial charge is 0.251 e. The lowest BCUT2D eigenvalue weighted by Gasteiger charge is -2.06. The second-order valence-electron chi connectivity index (χ2n) is 4.77. The maximum atomic E-state index is 12.1. The molecule has 0 unspecified atom stereocenters. The van der Waals surface area contributed by atoms with Crippen molar-refractivity contribution in [3.8, 4) is 6.07 Å². The van der Waals surface area contributed by atoms with Crippen LogP contribution in [0.1, 0.15) is 21.5 Å². The number of hydrogen-bond acceptors (Lipinski definition) is 2. The monoisotopic (exact) mass is 275 g/mol. The summed E-state index contributed by atoms with van der Waals surface area (Å²) >= 11 is 0. The number of nitriles is 1. The normalized spacial score (nSPS) is 10.2. The zero-order valence-corrected chi connectivity index (χ0v) is 11.3. The van der Waals surface area contributed by atoms with Crippen LogP contribution in [-0.2, 0) is 6.54 Å². The summed E-state index contributed by atoms with van der Waals surface area (Å²) in [5.74, 6) is -0.109. The van der Waals surface area contributed by atoms with Crippen molar-refractivity contribution < 1.29 is 4.79 Å². The number of benzene rings is 2. The molecule has 0 saturated carbocycles. The van der Waals surface area contributed by atoms with Gasteiger partial charge in [0, 0.05) is 29.2 Å². The number of aromatic amines is 1. The van der Waals surface area contributed by atoms with Gasteiger partial charge in [-0.05, 0) is 42.0 Å². The summed E-state index contributed by atoms with van der Waals surface area (Å²) in [6.45, 7) is 0.440. The molecule has 4 nitrogen and oxygen atoms in total. The Morgan fingerprint density at radius 2 is 1.95 bits per heavy atom. The number of fused-ring (bicyclic) bond motifs is 1. The fourth-order valence-electron chi connectivity index (χ4n) is 2.18. The Kier molecular flexibility index (Phi) is 3.40. The summed E-state index contributed by atoms with van der Waals surface area (Å²) in [7, 11) is 0. The van der Waals surface area contributed by atoms with Gasteiger partial charge in [-0.25, -0.2) is 0 Å². The van der Waals surface area contributed by atoms with E-state index < -0.39 is 0 Å². The van der Waals surface area contributed by atoms with Crippen LogP contribution in [0.3, 0.4) is 0 Å². The molecular weight excluding hydrogens is 262 g/mol. The predicted molar refractivity (Wildman–Crippen MR) is 80.6 cm³/mol. The van der Waals surface area contributed by atoms with E-state index >= 15 is 0 Å². The molecule has 4 heteroatoms. The second-order valence-corrected chi connectivity index (χ2v) is 4.77. The molecule has 21 heavy (non-hydrogen) atoms. The number of amides is 1. The molecule has 0 bridgehead atoms. The maximum absolute atomic E-state index is 12.1. The van der Waals surface area contributed by atoms with E-state index in [-0.39, 0.29) is 5.91 Å². The Bertz CT molecular complexity index is 825. The van der Waals surface area contributed by atoms with Crippen molar-refractivity contribution in [2.75, 3.05) is 0 Å². The van der Waals surface area contributed by atoms with Gasteiger partial charge in [-0.3, -0.25) is 4.79 Å². The Morgan fingerprint density at radius 3 is 2.71 bits per heavy atom. The second kappa shape index (κ2) is 5.51. The van der Waals surface area contributed by atoms with Gasteiger partial charge >= 0.3 is 0 Å². The zero-order chi connectivity index (χ0) is 14.7. The van der Waals surface area contributed by atoms with Crippen LogP contribution in [0.4, 0.5) is 0 Å². The van der Waals surface area contributed by atoms with Crippen LogP contribution in [0.25, 0.3) is 10.9 Å². The Hall–Kier alpha value is -3.06. The molecule has 1 amide bonds. The molecule has 102 valence electrons. The average molecular weight is 275 g/mol. The molecule has 0 spiro atoms. The lowest BCUT2D eigenvalue weighted by molar-refractivity contribution is 0.0951. The van der Waals surface area contributed by atoms with E-state index in [2.05, 4.69) is 16.4 Å².